The van der Waals surface area contributed by atoms with E-state index in [-0.39, 0.29) is 0 Å². The average Bonchev–Trinajstić information content (AvgIpc) is 3.27. The third-order valence-corrected chi connectivity index (χ3v) is 5.27. The van der Waals surface area contributed by atoms with E-state index in [4.69, 9.17) is 0 Å². The molecule has 0 aromatic carbocycles. The van der Waals surface area contributed by atoms with Gasteiger partial charge in [0.25, 0.3) is 0 Å². The summed E-state index contributed by atoms with van der Waals surface area (Å²) >= 11 is 1.59. The smallest absolute Gasteiger partial charge is 0.188 e. The van der Waals surface area contributed by atoms with Gasteiger partial charge in [-0.1, -0.05) is 0 Å². The van der Waals surface area contributed by atoms with Crippen LogP contribution in [0.3, 0.4) is 0 Å². The van der Waals surface area contributed by atoms with Crippen LogP contribution in [-0.2, 0) is 6.54 Å². The summed E-state index contributed by atoms with van der Waals surface area (Å²) in [6.45, 7) is 4.89. The molecule has 25 heavy (non-hydrogen) atoms. The van der Waals surface area contributed by atoms with E-state index in [2.05, 4.69) is 35.1 Å². The Morgan fingerprint density at radius 1 is 1.28 bits per heavy atom. The molecular weight excluding hydrogens is 334 g/mol. The minimum Gasteiger partial charge on any atom is -0.348 e. The van der Waals surface area contributed by atoms with E-state index in [0.717, 1.165) is 60.6 Å². The molecule has 0 bridgehead atoms. The minimum absolute atomic E-state index is 0.362. The first-order valence-corrected chi connectivity index (χ1v) is 9.36. The Hall–Kier alpha value is -2.32. The van der Waals surface area contributed by atoms with Gasteiger partial charge in [-0.2, -0.15) is 0 Å². The second kappa shape index (κ2) is 7.28. The predicted molar refractivity (Wildman–Crippen MR) is 98.0 cm³/mol. The van der Waals surface area contributed by atoms with Crippen LogP contribution in [0.1, 0.15) is 36.0 Å². The van der Waals surface area contributed by atoms with Crippen LogP contribution in [0, 0.1) is 6.92 Å². The molecule has 0 radical (unpaired) electrons. The molecule has 1 unspecified atom stereocenters. The molecular formula is C17H21N7S. The third-order valence-electron chi connectivity index (χ3n) is 4.39. The summed E-state index contributed by atoms with van der Waals surface area (Å²) < 4.78 is 0. The molecule has 3 aromatic rings. The van der Waals surface area contributed by atoms with Crippen LogP contribution in [0.25, 0.3) is 0 Å². The Morgan fingerprint density at radius 2 is 2.20 bits per heavy atom. The van der Waals surface area contributed by atoms with Crippen LogP contribution in [0.5, 0.6) is 0 Å². The number of rotatable bonds is 5. The number of hydrogen-bond acceptors (Lipinski definition) is 7. The van der Waals surface area contributed by atoms with Crippen LogP contribution >= 0.6 is 11.3 Å². The van der Waals surface area contributed by atoms with Gasteiger partial charge in [-0.15, -0.1) is 11.3 Å². The van der Waals surface area contributed by atoms with Gasteiger partial charge < -0.3 is 10.3 Å². The molecule has 1 aliphatic rings. The number of aromatic amines is 1. The summed E-state index contributed by atoms with van der Waals surface area (Å²) in [7, 11) is 0. The number of aryl methyl sites for hydroxylation is 1. The van der Waals surface area contributed by atoms with Gasteiger partial charge in [-0.05, 0) is 26.3 Å². The molecule has 1 aliphatic heterocycles. The maximum absolute atomic E-state index is 4.64. The van der Waals surface area contributed by atoms with Gasteiger partial charge in [-0.25, -0.2) is 15.0 Å². The largest absolute Gasteiger partial charge is 0.348 e. The third kappa shape index (κ3) is 3.85. The van der Waals surface area contributed by atoms with Gasteiger partial charge in [0.05, 0.1) is 17.9 Å². The van der Waals surface area contributed by atoms with Crippen molar-refractivity contribution in [1.82, 2.24) is 29.8 Å². The van der Waals surface area contributed by atoms with Gasteiger partial charge >= 0.3 is 0 Å². The van der Waals surface area contributed by atoms with E-state index in [1.807, 2.05) is 18.5 Å². The van der Waals surface area contributed by atoms with E-state index in [9.17, 15) is 0 Å². The molecule has 130 valence electrons. The molecule has 0 saturated carbocycles. The van der Waals surface area contributed by atoms with Crippen LogP contribution < -0.4 is 5.32 Å². The van der Waals surface area contributed by atoms with E-state index >= 15 is 0 Å². The summed E-state index contributed by atoms with van der Waals surface area (Å²) in [5.74, 6) is 2.19. The van der Waals surface area contributed by atoms with E-state index in [1.165, 1.54) is 0 Å². The Bertz CT molecular complexity index is 814. The van der Waals surface area contributed by atoms with E-state index in [1.54, 1.807) is 29.9 Å². The molecule has 0 spiro atoms. The number of likely N-dealkylation sites (tertiary alicyclic amines) is 1. The number of imidazole rings is 1. The first kappa shape index (κ1) is 16.2. The second-order valence-electron chi connectivity index (χ2n) is 6.32. The number of H-pyrrole nitrogens is 1. The molecule has 4 heterocycles. The van der Waals surface area contributed by atoms with Gasteiger partial charge in [0.2, 0.25) is 0 Å². The normalized spacial score (nSPS) is 18.4. The van der Waals surface area contributed by atoms with Crippen LogP contribution in [0.2, 0.25) is 0 Å². The molecule has 1 fully saturated rings. The predicted octanol–water partition coefficient (Wildman–Crippen LogP) is 3.09. The highest BCUT2D eigenvalue weighted by atomic mass is 32.1. The monoisotopic (exact) mass is 355 g/mol. The van der Waals surface area contributed by atoms with E-state index < -0.39 is 0 Å². The van der Waals surface area contributed by atoms with Crippen LogP contribution in [0.15, 0.2) is 30.2 Å². The zero-order valence-corrected chi connectivity index (χ0v) is 15.0. The summed E-state index contributed by atoms with van der Waals surface area (Å²) in [4.78, 5) is 23.6. The molecule has 8 heteroatoms. The van der Waals surface area contributed by atoms with Crippen LogP contribution in [0.4, 0.5) is 10.9 Å². The van der Waals surface area contributed by atoms with Gasteiger partial charge in [0.15, 0.2) is 10.9 Å². The number of thiazole rings is 1. The highest BCUT2D eigenvalue weighted by molar-refractivity contribution is 7.13. The lowest BCUT2D eigenvalue weighted by Crippen LogP contribution is -2.34. The van der Waals surface area contributed by atoms with Crippen molar-refractivity contribution in [3.05, 3.63) is 47.4 Å². The lowest BCUT2D eigenvalue weighted by Gasteiger charge is -2.32. The van der Waals surface area contributed by atoms with Gasteiger partial charge in [0, 0.05) is 42.6 Å². The Balaban J connectivity index is 1.50. The quantitative estimate of drug-likeness (QED) is 0.732. The van der Waals surface area contributed by atoms with Crippen LogP contribution in [-0.4, -0.2) is 42.9 Å². The van der Waals surface area contributed by atoms with Crippen molar-refractivity contribution in [1.29, 1.82) is 0 Å². The molecule has 3 aromatic heterocycles. The number of nitrogens with zero attached hydrogens (tertiary/aromatic N) is 5. The zero-order chi connectivity index (χ0) is 17.1. The highest BCUT2D eigenvalue weighted by Crippen LogP contribution is 2.31. The fourth-order valence-electron chi connectivity index (χ4n) is 3.28. The highest BCUT2D eigenvalue weighted by Gasteiger charge is 2.25. The summed E-state index contributed by atoms with van der Waals surface area (Å²) in [6.07, 6.45) is 9.46. The fraction of sp³-hybridized carbons (Fsp3) is 0.412. The molecule has 0 amide bonds. The van der Waals surface area contributed by atoms with Crippen molar-refractivity contribution in [2.24, 2.45) is 0 Å². The van der Waals surface area contributed by atoms with Crippen molar-refractivity contribution >= 4 is 22.3 Å². The standard InChI is InChI=1S/C17H21N7S/c1-12-11-25-17(22-12)23-16-15(20-6-7-21-16)13-3-2-8-24(9-13)10-14-18-4-5-19-14/h4-7,11,13H,2-3,8-10H2,1H3,(H,18,19)(H,21,22,23). The van der Waals surface area contributed by atoms with Gasteiger partial charge in [-0.3, -0.25) is 9.88 Å². The number of hydrogen-bond donors (Lipinski definition) is 2. The summed E-state index contributed by atoms with van der Waals surface area (Å²) in [6, 6.07) is 0. The molecule has 7 nitrogen and oxygen atoms in total. The molecule has 0 aliphatic carbocycles. The van der Waals surface area contributed by atoms with Gasteiger partial charge in [0.1, 0.15) is 5.82 Å². The minimum atomic E-state index is 0.362. The SMILES string of the molecule is Cc1csc(Nc2nccnc2C2CCCN(Cc3ncc[nH]3)C2)n1. The molecule has 2 N–H and O–H groups in total. The Kier molecular flexibility index (Phi) is 4.71. The zero-order valence-electron chi connectivity index (χ0n) is 14.1. The fourth-order valence-corrected chi connectivity index (χ4v) is 3.96. The first-order valence-electron chi connectivity index (χ1n) is 8.48. The van der Waals surface area contributed by atoms with Crippen molar-refractivity contribution in [2.75, 3.05) is 18.4 Å². The van der Waals surface area contributed by atoms with E-state index in [0.29, 0.717) is 5.92 Å². The van der Waals surface area contributed by atoms with Crippen molar-refractivity contribution in [3.63, 3.8) is 0 Å². The topological polar surface area (TPSA) is 82.6 Å². The maximum Gasteiger partial charge on any atom is 0.188 e. The Morgan fingerprint density at radius 3 is 3.00 bits per heavy atom. The first-order chi connectivity index (χ1) is 12.3. The van der Waals surface area contributed by atoms with Crippen molar-refractivity contribution in [3.8, 4) is 0 Å². The van der Waals surface area contributed by atoms with Crippen molar-refractivity contribution in [2.45, 2.75) is 32.2 Å². The molecule has 4 rings (SSSR count). The second-order valence-corrected chi connectivity index (χ2v) is 7.18. The Labute approximate surface area is 150 Å². The lowest BCUT2D eigenvalue weighted by atomic mass is 9.94. The van der Waals surface area contributed by atoms with Crippen molar-refractivity contribution < 1.29 is 0 Å². The number of piperidine rings is 1. The summed E-state index contributed by atoms with van der Waals surface area (Å²) in [5, 5.41) is 6.24. The maximum atomic E-state index is 4.64. The summed E-state index contributed by atoms with van der Waals surface area (Å²) in [5.41, 5.74) is 2.04. The average molecular weight is 355 g/mol. The number of nitrogens with one attached hydrogen (secondary N) is 2. The lowest BCUT2D eigenvalue weighted by molar-refractivity contribution is 0.195. The number of anilines is 2. The molecule has 1 atom stereocenters. The molecule has 1 saturated heterocycles. The number of aromatic nitrogens is 5.